The van der Waals surface area contributed by atoms with Gasteiger partial charge >= 0.3 is 0 Å². The molecule has 0 aromatic rings. The third-order valence-electron chi connectivity index (χ3n) is 1.88. The van der Waals surface area contributed by atoms with Gasteiger partial charge in [0.2, 0.25) is 5.91 Å². The molecule has 3 nitrogen and oxygen atoms in total. The van der Waals surface area contributed by atoms with Gasteiger partial charge in [0, 0.05) is 13.5 Å². The zero-order valence-electron chi connectivity index (χ0n) is 7.17. The predicted molar refractivity (Wildman–Crippen MR) is 45.4 cm³/mol. The third kappa shape index (κ3) is 2.24. The number of terminal acetylenes is 1. The molecule has 1 heterocycles. The molecule has 1 amide bonds. The van der Waals surface area contributed by atoms with Crippen LogP contribution in [0.2, 0.25) is 0 Å². The fraction of sp³-hybridized carbons (Fsp3) is 0.667. The highest BCUT2D eigenvalue weighted by atomic mass is 16.5. The molecule has 66 valence electrons. The van der Waals surface area contributed by atoms with E-state index in [4.69, 9.17) is 11.2 Å². The van der Waals surface area contributed by atoms with Gasteiger partial charge in [0.15, 0.2) is 0 Å². The highest BCUT2D eigenvalue weighted by Crippen LogP contribution is 2.15. The highest BCUT2D eigenvalue weighted by Gasteiger charge is 2.24. The van der Waals surface area contributed by atoms with Crippen LogP contribution in [0.15, 0.2) is 0 Å². The van der Waals surface area contributed by atoms with Crippen molar-refractivity contribution in [2.24, 2.45) is 0 Å². The van der Waals surface area contributed by atoms with Crippen LogP contribution in [-0.4, -0.2) is 24.7 Å². The first kappa shape index (κ1) is 9.08. The third-order valence-corrected chi connectivity index (χ3v) is 1.88. The average molecular weight is 167 g/mol. The maximum atomic E-state index is 10.7. The molecule has 0 radical (unpaired) electrons. The number of ether oxygens (including phenoxy) is 1. The van der Waals surface area contributed by atoms with E-state index in [0.717, 1.165) is 19.4 Å². The van der Waals surface area contributed by atoms with Crippen LogP contribution in [-0.2, 0) is 9.53 Å². The Hall–Kier alpha value is -1.01. The zero-order valence-corrected chi connectivity index (χ0v) is 7.17. The van der Waals surface area contributed by atoms with Gasteiger partial charge in [0.05, 0.1) is 6.10 Å². The molecular formula is C9H13NO2. The van der Waals surface area contributed by atoms with Crippen LogP contribution < -0.4 is 5.32 Å². The summed E-state index contributed by atoms with van der Waals surface area (Å²) in [6.07, 6.45) is 7.24. The molecule has 1 rings (SSSR count). The number of rotatable bonds is 2. The summed E-state index contributed by atoms with van der Waals surface area (Å²) in [7, 11) is 0. The van der Waals surface area contributed by atoms with Crippen molar-refractivity contribution in [1.29, 1.82) is 0 Å². The Bertz CT molecular complexity index is 201. The SMILES string of the molecule is C#CC(NC(C)=O)C1CCCO1. The smallest absolute Gasteiger partial charge is 0.217 e. The number of carbonyl (C=O) groups is 1. The lowest BCUT2D eigenvalue weighted by Gasteiger charge is -2.17. The van der Waals surface area contributed by atoms with Crippen molar-refractivity contribution in [3.8, 4) is 12.3 Å². The fourth-order valence-corrected chi connectivity index (χ4v) is 1.33. The van der Waals surface area contributed by atoms with E-state index in [-0.39, 0.29) is 18.1 Å². The summed E-state index contributed by atoms with van der Waals surface area (Å²) in [5, 5.41) is 2.67. The van der Waals surface area contributed by atoms with Crippen molar-refractivity contribution in [1.82, 2.24) is 5.32 Å². The van der Waals surface area contributed by atoms with Gasteiger partial charge in [-0.2, -0.15) is 0 Å². The Morgan fingerprint density at radius 3 is 3.00 bits per heavy atom. The van der Waals surface area contributed by atoms with Crippen molar-refractivity contribution < 1.29 is 9.53 Å². The minimum atomic E-state index is -0.259. The first-order valence-electron chi connectivity index (χ1n) is 4.09. The quantitative estimate of drug-likeness (QED) is 0.601. The zero-order chi connectivity index (χ0) is 8.97. The summed E-state index contributed by atoms with van der Waals surface area (Å²) < 4.78 is 5.35. The Labute approximate surface area is 72.5 Å². The second-order valence-corrected chi connectivity index (χ2v) is 2.90. The number of carbonyl (C=O) groups excluding carboxylic acids is 1. The summed E-state index contributed by atoms with van der Waals surface area (Å²) >= 11 is 0. The van der Waals surface area contributed by atoms with E-state index in [1.54, 1.807) is 0 Å². The van der Waals surface area contributed by atoms with Gasteiger partial charge in [-0.3, -0.25) is 4.79 Å². The van der Waals surface area contributed by atoms with Gasteiger partial charge in [0.25, 0.3) is 0 Å². The Morgan fingerprint density at radius 1 is 1.83 bits per heavy atom. The summed E-state index contributed by atoms with van der Waals surface area (Å²) in [5.74, 6) is 2.42. The second kappa shape index (κ2) is 4.13. The van der Waals surface area contributed by atoms with Gasteiger partial charge in [-0.25, -0.2) is 0 Å². The maximum Gasteiger partial charge on any atom is 0.217 e. The number of amides is 1. The van der Waals surface area contributed by atoms with Gasteiger partial charge in [0.1, 0.15) is 6.04 Å². The first-order chi connectivity index (χ1) is 5.74. The van der Waals surface area contributed by atoms with Crippen molar-refractivity contribution in [3.63, 3.8) is 0 Å². The molecule has 0 bridgehead atoms. The molecule has 1 N–H and O–H groups in total. The normalized spacial score (nSPS) is 24.5. The Balaban J connectivity index is 2.44. The molecule has 0 spiro atoms. The molecule has 2 atom stereocenters. The number of hydrogen-bond acceptors (Lipinski definition) is 2. The number of nitrogens with one attached hydrogen (secondary N) is 1. The number of hydrogen-bond donors (Lipinski definition) is 1. The standard InChI is InChI=1S/C9H13NO2/c1-3-8(10-7(2)11)9-5-4-6-12-9/h1,8-9H,4-6H2,2H3,(H,10,11). The van der Waals surface area contributed by atoms with Crippen LogP contribution in [0, 0.1) is 12.3 Å². The molecule has 0 aromatic heterocycles. The highest BCUT2D eigenvalue weighted by molar-refractivity contribution is 5.73. The summed E-state index contributed by atoms with van der Waals surface area (Å²) in [4.78, 5) is 10.7. The molecule has 0 aromatic carbocycles. The van der Waals surface area contributed by atoms with Crippen molar-refractivity contribution in [2.75, 3.05) is 6.61 Å². The molecule has 0 aliphatic carbocycles. The van der Waals surface area contributed by atoms with Crippen molar-refractivity contribution in [3.05, 3.63) is 0 Å². The van der Waals surface area contributed by atoms with Crippen LogP contribution in [0.4, 0.5) is 0 Å². The lowest BCUT2D eigenvalue weighted by Crippen LogP contribution is -2.40. The molecule has 3 heteroatoms. The summed E-state index contributed by atoms with van der Waals surface area (Å²) in [6, 6.07) is -0.259. The molecular weight excluding hydrogens is 154 g/mol. The van der Waals surface area contributed by atoms with E-state index in [1.807, 2.05) is 0 Å². The second-order valence-electron chi connectivity index (χ2n) is 2.90. The van der Waals surface area contributed by atoms with Crippen LogP contribution >= 0.6 is 0 Å². The molecule has 1 saturated heterocycles. The van der Waals surface area contributed by atoms with Crippen molar-refractivity contribution >= 4 is 5.91 Å². The average Bonchev–Trinajstić information content (AvgIpc) is 2.51. The molecule has 1 fully saturated rings. The Morgan fingerprint density at radius 2 is 2.58 bits per heavy atom. The van der Waals surface area contributed by atoms with Crippen LogP contribution in [0.5, 0.6) is 0 Å². The van der Waals surface area contributed by atoms with Crippen LogP contribution in [0.1, 0.15) is 19.8 Å². The van der Waals surface area contributed by atoms with Gasteiger partial charge in [-0.1, -0.05) is 5.92 Å². The largest absolute Gasteiger partial charge is 0.375 e. The minimum Gasteiger partial charge on any atom is -0.375 e. The van der Waals surface area contributed by atoms with E-state index < -0.39 is 0 Å². The molecule has 12 heavy (non-hydrogen) atoms. The van der Waals surface area contributed by atoms with Gasteiger partial charge in [-0.15, -0.1) is 6.42 Å². The topological polar surface area (TPSA) is 38.3 Å². The van der Waals surface area contributed by atoms with E-state index in [2.05, 4.69) is 11.2 Å². The van der Waals surface area contributed by atoms with E-state index in [1.165, 1.54) is 6.92 Å². The minimum absolute atomic E-state index is 0.0129. The Kier molecular flexibility index (Phi) is 3.12. The molecule has 0 saturated carbocycles. The molecule has 2 unspecified atom stereocenters. The maximum absolute atomic E-state index is 10.7. The predicted octanol–water partition coefficient (Wildman–Crippen LogP) is 0.303. The van der Waals surface area contributed by atoms with E-state index in [9.17, 15) is 4.79 Å². The first-order valence-corrected chi connectivity index (χ1v) is 4.09. The van der Waals surface area contributed by atoms with Gasteiger partial charge < -0.3 is 10.1 Å². The lowest BCUT2D eigenvalue weighted by atomic mass is 10.1. The van der Waals surface area contributed by atoms with Crippen molar-refractivity contribution in [2.45, 2.75) is 31.9 Å². The lowest BCUT2D eigenvalue weighted by molar-refractivity contribution is -0.120. The molecule has 1 aliphatic rings. The van der Waals surface area contributed by atoms with Crippen LogP contribution in [0.3, 0.4) is 0 Å². The summed E-state index contributed by atoms with van der Waals surface area (Å²) in [6.45, 7) is 2.21. The fourth-order valence-electron chi connectivity index (χ4n) is 1.33. The summed E-state index contributed by atoms with van der Waals surface area (Å²) in [5.41, 5.74) is 0. The van der Waals surface area contributed by atoms with Crippen LogP contribution in [0.25, 0.3) is 0 Å². The van der Waals surface area contributed by atoms with E-state index in [0.29, 0.717) is 0 Å². The van der Waals surface area contributed by atoms with Gasteiger partial charge in [-0.05, 0) is 12.8 Å². The molecule has 1 aliphatic heterocycles. The monoisotopic (exact) mass is 167 g/mol. The van der Waals surface area contributed by atoms with E-state index >= 15 is 0 Å².